The summed E-state index contributed by atoms with van der Waals surface area (Å²) in [5, 5.41) is 8.47. The molecule has 0 fully saturated rings. The van der Waals surface area contributed by atoms with Crippen molar-refractivity contribution in [1.29, 1.82) is 0 Å². The van der Waals surface area contributed by atoms with Crippen molar-refractivity contribution in [2.45, 2.75) is 19.0 Å². The Balaban J connectivity index is 1.73. The van der Waals surface area contributed by atoms with Crippen molar-refractivity contribution in [2.75, 3.05) is 42.7 Å². The van der Waals surface area contributed by atoms with Gasteiger partial charge in [0.15, 0.2) is 0 Å². The number of carbonyl (C=O) groups is 2. The van der Waals surface area contributed by atoms with Crippen molar-refractivity contribution in [3.63, 3.8) is 0 Å². The van der Waals surface area contributed by atoms with Crippen molar-refractivity contribution in [3.8, 4) is 5.75 Å². The Morgan fingerprint density at radius 3 is 2.70 bits per heavy atom. The van der Waals surface area contributed by atoms with Crippen LogP contribution < -0.4 is 20.7 Å². The topological polar surface area (TPSA) is 108 Å². The van der Waals surface area contributed by atoms with E-state index >= 15 is 0 Å². The number of benzene rings is 1. The molecule has 3 heterocycles. The number of aromatic nitrogens is 2. The SMILES string of the molecule is CN1CCNc2ncnc3c2/C(=C/Nc2cc(cc(C(F)(F)F)c2)OCCCC1=O)C(=O)N3. The largest absolute Gasteiger partial charge is 0.493 e. The molecule has 2 aromatic rings. The van der Waals surface area contributed by atoms with Gasteiger partial charge in [-0.05, 0) is 18.6 Å². The van der Waals surface area contributed by atoms with Gasteiger partial charge in [0, 0.05) is 44.5 Å². The molecule has 2 aliphatic heterocycles. The number of amides is 2. The lowest BCUT2D eigenvalue weighted by molar-refractivity contribution is -0.137. The molecule has 12 heteroatoms. The van der Waals surface area contributed by atoms with Gasteiger partial charge in [-0.15, -0.1) is 0 Å². The molecule has 0 aliphatic carbocycles. The van der Waals surface area contributed by atoms with Crippen molar-refractivity contribution < 1.29 is 27.5 Å². The van der Waals surface area contributed by atoms with Gasteiger partial charge in [-0.1, -0.05) is 0 Å². The summed E-state index contributed by atoms with van der Waals surface area (Å²) in [5.41, 5.74) is -0.282. The molecule has 0 atom stereocenters. The number of carbonyl (C=O) groups excluding carboxylic acids is 2. The number of anilines is 3. The Bertz CT molecular complexity index is 1120. The molecule has 0 saturated heterocycles. The van der Waals surface area contributed by atoms with Crippen molar-refractivity contribution in [3.05, 3.63) is 41.9 Å². The highest BCUT2D eigenvalue weighted by Gasteiger charge is 2.32. The maximum Gasteiger partial charge on any atom is 0.416 e. The first-order valence-corrected chi connectivity index (χ1v) is 10.2. The first kappa shape index (κ1) is 22.4. The Morgan fingerprint density at radius 1 is 1.12 bits per heavy atom. The first-order chi connectivity index (χ1) is 15.7. The van der Waals surface area contributed by atoms with Gasteiger partial charge in [0.1, 0.15) is 23.7 Å². The van der Waals surface area contributed by atoms with Crippen LogP contribution in [0.15, 0.2) is 30.7 Å². The van der Waals surface area contributed by atoms with Crippen molar-refractivity contribution in [1.82, 2.24) is 14.9 Å². The fourth-order valence-electron chi connectivity index (χ4n) is 3.45. The van der Waals surface area contributed by atoms with Crippen LogP contribution in [0.4, 0.5) is 30.5 Å². The van der Waals surface area contributed by atoms with Gasteiger partial charge in [-0.2, -0.15) is 13.2 Å². The van der Waals surface area contributed by atoms with E-state index in [0.717, 1.165) is 12.1 Å². The molecule has 2 bridgehead atoms. The molecule has 2 amide bonds. The smallest absolute Gasteiger partial charge is 0.416 e. The number of hydrogen-bond acceptors (Lipinski definition) is 7. The third kappa shape index (κ3) is 4.99. The second-order valence-corrected chi connectivity index (χ2v) is 7.54. The molecule has 0 unspecified atom stereocenters. The van der Waals surface area contributed by atoms with E-state index in [1.165, 1.54) is 23.5 Å². The number of nitrogens with one attached hydrogen (secondary N) is 3. The van der Waals surface area contributed by atoms with Gasteiger partial charge in [-0.3, -0.25) is 9.59 Å². The number of ether oxygens (including phenoxy) is 1. The van der Waals surface area contributed by atoms with Crippen LogP contribution in [0, 0.1) is 0 Å². The average Bonchev–Trinajstić information content (AvgIpc) is 3.09. The molecule has 0 radical (unpaired) electrons. The van der Waals surface area contributed by atoms with Gasteiger partial charge in [-0.25, -0.2) is 9.97 Å². The maximum atomic E-state index is 13.4. The summed E-state index contributed by atoms with van der Waals surface area (Å²) in [6.07, 6.45) is -1.47. The van der Waals surface area contributed by atoms with E-state index < -0.39 is 17.6 Å². The number of alkyl halides is 3. The molecule has 174 valence electrons. The first-order valence-electron chi connectivity index (χ1n) is 10.2. The van der Waals surface area contributed by atoms with Gasteiger partial charge in [0.25, 0.3) is 5.91 Å². The standard InChI is InChI=1S/C21H21F3N6O3/c1-30-5-4-25-18-17-15(20(32)29-19(17)28-11-27-18)10-26-13-7-12(21(22,23)24)8-14(9-13)33-6-2-3-16(30)31/h7-11,26H,2-6H2,1H3,(H2,25,27,28,29,32)/b15-10-. The molecule has 33 heavy (non-hydrogen) atoms. The van der Waals surface area contributed by atoms with Gasteiger partial charge >= 0.3 is 6.18 Å². The van der Waals surface area contributed by atoms with E-state index in [2.05, 4.69) is 25.9 Å². The quantitative estimate of drug-likeness (QED) is 0.553. The van der Waals surface area contributed by atoms with E-state index in [-0.39, 0.29) is 41.8 Å². The minimum absolute atomic E-state index is 0.00203. The number of hydrogen-bond donors (Lipinski definition) is 3. The number of likely N-dealkylation sites (N-methyl/N-ethyl adjacent to an activating group) is 1. The Hall–Kier alpha value is -3.83. The van der Waals surface area contributed by atoms with Crippen LogP contribution in [0.5, 0.6) is 5.75 Å². The van der Waals surface area contributed by atoms with Crippen LogP contribution >= 0.6 is 0 Å². The van der Waals surface area contributed by atoms with E-state index in [1.54, 1.807) is 7.05 Å². The normalized spacial score (nSPS) is 18.7. The van der Waals surface area contributed by atoms with Gasteiger partial charge < -0.3 is 25.6 Å². The zero-order valence-corrected chi connectivity index (χ0v) is 17.6. The third-order valence-electron chi connectivity index (χ3n) is 5.18. The predicted octanol–water partition coefficient (Wildman–Crippen LogP) is 2.94. The molecular formula is C21H21F3N6O3. The summed E-state index contributed by atoms with van der Waals surface area (Å²) < 4.78 is 45.7. The zero-order valence-electron chi connectivity index (χ0n) is 17.6. The Kier molecular flexibility index (Phi) is 6.07. The Labute approximate surface area is 187 Å². The number of nitrogens with zero attached hydrogens (tertiary/aromatic N) is 3. The highest BCUT2D eigenvalue weighted by Crippen LogP contribution is 2.36. The lowest BCUT2D eigenvalue weighted by Crippen LogP contribution is -2.31. The van der Waals surface area contributed by atoms with Crippen LogP contribution in [0.2, 0.25) is 0 Å². The summed E-state index contributed by atoms with van der Waals surface area (Å²) in [6, 6.07) is 3.21. The van der Waals surface area contributed by atoms with Crippen LogP contribution in [-0.2, 0) is 15.8 Å². The molecule has 1 aromatic carbocycles. The molecule has 4 rings (SSSR count). The maximum absolute atomic E-state index is 13.4. The van der Waals surface area contributed by atoms with Gasteiger partial charge in [0.05, 0.1) is 23.3 Å². The minimum atomic E-state index is -4.59. The molecule has 3 N–H and O–H groups in total. The highest BCUT2D eigenvalue weighted by molar-refractivity contribution is 6.32. The molecule has 2 aliphatic rings. The highest BCUT2D eigenvalue weighted by atomic mass is 19.4. The van der Waals surface area contributed by atoms with E-state index in [9.17, 15) is 22.8 Å². The second kappa shape index (κ2) is 8.96. The summed E-state index contributed by atoms with van der Waals surface area (Å²) in [6.45, 7) is 0.826. The molecule has 0 spiro atoms. The van der Waals surface area contributed by atoms with Crippen molar-refractivity contribution >= 4 is 34.7 Å². The fraction of sp³-hybridized carbons (Fsp3) is 0.333. The summed E-state index contributed by atoms with van der Waals surface area (Å²) in [5.74, 6) is 0.0413. The van der Waals surface area contributed by atoms with Crippen LogP contribution in [0.25, 0.3) is 5.57 Å². The molecular weight excluding hydrogens is 441 g/mol. The lowest BCUT2D eigenvalue weighted by atomic mass is 10.1. The summed E-state index contributed by atoms with van der Waals surface area (Å²) in [7, 11) is 1.66. The number of fused-ring (bicyclic) bond motifs is 2. The van der Waals surface area contributed by atoms with E-state index in [1.807, 2.05) is 0 Å². The molecule has 0 saturated carbocycles. The minimum Gasteiger partial charge on any atom is -0.493 e. The third-order valence-corrected chi connectivity index (χ3v) is 5.18. The van der Waals surface area contributed by atoms with E-state index in [4.69, 9.17) is 4.74 Å². The van der Waals surface area contributed by atoms with Crippen LogP contribution in [0.3, 0.4) is 0 Å². The summed E-state index contributed by atoms with van der Waals surface area (Å²) in [4.78, 5) is 34.6. The molecule has 9 nitrogen and oxygen atoms in total. The second-order valence-electron chi connectivity index (χ2n) is 7.54. The lowest BCUT2D eigenvalue weighted by Gasteiger charge is -2.18. The van der Waals surface area contributed by atoms with E-state index in [0.29, 0.717) is 30.9 Å². The average molecular weight is 462 g/mol. The number of halogens is 3. The fourth-order valence-corrected chi connectivity index (χ4v) is 3.45. The van der Waals surface area contributed by atoms with Crippen LogP contribution in [-0.4, -0.2) is 53.4 Å². The monoisotopic (exact) mass is 462 g/mol. The summed E-state index contributed by atoms with van der Waals surface area (Å²) >= 11 is 0. The van der Waals surface area contributed by atoms with Crippen molar-refractivity contribution in [2.24, 2.45) is 0 Å². The predicted molar refractivity (Wildman–Crippen MR) is 115 cm³/mol. The van der Waals surface area contributed by atoms with Crippen LogP contribution in [0.1, 0.15) is 24.0 Å². The molecule has 1 aromatic heterocycles. The Morgan fingerprint density at radius 2 is 1.91 bits per heavy atom. The van der Waals surface area contributed by atoms with Gasteiger partial charge in [0.2, 0.25) is 5.91 Å². The number of rotatable bonds is 0. The zero-order chi connectivity index (χ0) is 23.6.